The Bertz CT molecular complexity index is 375. The first-order valence-electron chi connectivity index (χ1n) is 10.8. The molecular weight excluding hydrogens is 294 g/mol. The molecule has 3 aliphatic carbocycles. The van der Waals surface area contributed by atoms with E-state index in [0.29, 0.717) is 0 Å². The molecule has 3 N–H and O–H groups in total. The van der Waals surface area contributed by atoms with Gasteiger partial charge in [0, 0.05) is 18.1 Å². The van der Waals surface area contributed by atoms with Crippen LogP contribution in [-0.4, -0.2) is 37.8 Å². The molecule has 138 valence electrons. The van der Waals surface area contributed by atoms with Gasteiger partial charge in [-0.1, -0.05) is 20.8 Å². The number of fused-ring (bicyclic) bond motifs is 6. The normalized spacial score (nSPS) is 52.9. The van der Waals surface area contributed by atoms with Crippen molar-refractivity contribution in [3.05, 3.63) is 0 Å². The molecule has 6 bridgehead atoms. The highest BCUT2D eigenvalue weighted by molar-refractivity contribution is 4.95. The van der Waals surface area contributed by atoms with Gasteiger partial charge in [-0.2, -0.15) is 0 Å². The van der Waals surface area contributed by atoms with E-state index in [1.165, 1.54) is 58.2 Å². The lowest BCUT2D eigenvalue weighted by Crippen LogP contribution is -2.30. The maximum absolute atomic E-state index is 3.51. The van der Waals surface area contributed by atoms with Crippen LogP contribution in [0.5, 0.6) is 0 Å². The smallest absolute Gasteiger partial charge is 0.00960 e. The van der Waals surface area contributed by atoms with Gasteiger partial charge in [-0.25, -0.2) is 0 Å². The second-order valence-corrected chi connectivity index (χ2v) is 9.85. The summed E-state index contributed by atoms with van der Waals surface area (Å²) in [7, 11) is 0. The molecule has 3 heterocycles. The lowest BCUT2D eigenvalue weighted by atomic mass is 9.98. The zero-order valence-corrected chi connectivity index (χ0v) is 16.1. The van der Waals surface area contributed by atoms with E-state index >= 15 is 0 Å². The van der Waals surface area contributed by atoms with E-state index < -0.39 is 0 Å². The Morgan fingerprint density at radius 3 is 1.62 bits per heavy atom. The van der Waals surface area contributed by atoms with Gasteiger partial charge in [0.1, 0.15) is 0 Å². The molecule has 0 aromatic heterocycles. The first-order chi connectivity index (χ1) is 11.6. The van der Waals surface area contributed by atoms with E-state index in [2.05, 4.69) is 36.7 Å². The van der Waals surface area contributed by atoms with E-state index in [-0.39, 0.29) is 0 Å². The topological polar surface area (TPSA) is 36.1 Å². The number of rotatable bonds is 0. The van der Waals surface area contributed by atoms with Crippen molar-refractivity contribution in [1.82, 2.24) is 16.0 Å². The summed E-state index contributed by atoms with van der Waals surface area (Å²) in [6, 6.07) is 2.68. The minimum absolute atomic E-state index is 0.889. The molecule has 0 aromatic carbocycles. The van der Waals surface area contributed by atoms with Crippen molar-refractivity contribution in [2.45, 2.75) is 77.4 Å². The summed E-state index contributed by atoms with van der Waals surface area (Å²) < 4.78 is 0. The predicted octanol–water partition coefficient (Wildman–Crippen LogP) is 3.01. The largest absolute Gasteiger partial charge is 0.314 e. The Morgan fingerprint density at radius 2 is 1.42 bits per heavy atom. The van der Waals surface area contributed by atoms with E-state index in [0.717, 1.165) is 53.6 Å². The van der Waals surface area contributed by atoms with Gasteiger partial charge in [0.05, 0.1) is 0 Å². The highest BCUT2D eigenvalue weighted by Crippen LogP contribution is 2.37. The molecule has 3 heteroatoms. The van der Waals surface area contributed by atoms with E-state index in [4.69, 9.17) is 0 Å². The molecule has 6 fully saturated rings. The molecule has 3 saturated carbocycles. The van der Waals surface area contributed by atoms with Crippen LogP contribution in [0.3, 0.4) is 0 Å². The van der Waals surface area contributed by atoms with Crippen LogP contribution in [0.1, 0.15) is 59.3 Å². The molecule has 0 spiro atoms. The van der Waals surface area contributed by atoms with Gasteiger partial charge < -0.3 is 16.0 Å². The zero-order chi connectivity index (χ0) is 16.7. The van der Waals surface area contributed by atoms with Crippen LogP contribution >= 0.6 is 0 Å². The second-order valence-electron chi connectivity index (χ2n) is 9.85. The van der Waals surface area contributed by atoms with Crippen molar-refractivity contribution < 1.29 is 0 Å². The van der Waals surface area contributed by atoms with Crippen LogP contribution in [0.4, 0.5) is 0 Å². The summed E-state index contributed by atoms with van der Waals surface area (Å²) in [4.78, 5) is 0. The van der Waals surface area contributed by atoms with Crippen LogP contribution < -0.4 is 16.0 Å². The standard InChI is InChI=1S/3C7H13N/c1-5-2-7-3-6(5)4-8-7;1-5-2-6-3-7(5)8-4-6;1-5-6-2-3-7(5)8-4-6/h3*5-8H,2-4H2,1H3. The molecule has 0 radical (unpaired) electrons. The third-order valence-electron chi connectivity index (χ3n) is 8.23. The Kier molecular flexibility index (Phi) is 5.22. The molecule has 0 amide bonds. The third-order valence-corrected chi connectivity index (χ3v) is 8.23. The van der Waals surface area contributed by atoms with Crippen molar-refractivity contribution in [3.63, 3.8) is 0 Å². The monoisotopic (exact) mass is 333 g/mol. The van der Waals surface area contributed by atoms with Gasteiger partial charge in [-0.3, -0.25) is 0 Å². The molecule has 0 aromatic rings. The molecule has 3 aliphatic heterocycles. The van der Waals surface area contributed by atoms with Gasteiger partial charge in [0.2, 0.25) is 0 Å². The van der Waals surface area contributed by atoms with Crippen LogP contribution in [0.25, 0.3) is 0 Å². The van der Waals surface area contributed by atoms with E-state index in [1.807, 2.05) is 0 Å². The number of piperidine rings is 3. The third kappa shape index (κ3) is 3.54. The van der Waals surface area contributed by atoms with Gasteiger partial charge in [0.25, 0.3) is 0 Å². The fourth-order valence-electron chi connectivity index (χ4n) is 6.38. The predicted molar refractivity (Wildman–Crippen MR) is 101 cm³/mol. The highest BCUT2D eigenvalue weighted by atomic mass is 15.0. The van der Waals surface area contributed by atoms with Gasteiger partial charge in [-0.15, -0.1) is 0 Å². The first kappa shape index (κ1) is 17.3. The minimum atomic E-state index is 0.889. The van der Waals surface area contributed by atoms with Crippen molar-refractivity contribution in [3.8, 4) is 0 Å². The minimum Gasteiger partial charge on any atom is -0.314 e. The van der Waals surface area contributed by atoms with Gasteiger partial charge in [0.15, 0.2) is 0 Å². The van der Waals surface area contributed by atoms with Crippen LogP contribution in [0.15, 0.2) is 0 Å². The molecule has 6 aliphatic rings. The highest BCUT2D eigenvalue weighted by Gasteiger charge is 2.38. The van der Waals surface area contributed by atoms with Crippen LogP contribution in [0.2, 0.25) is 0 Å². The van der Waals surface area contributed by atoms with Gasteiger partial charge >= 0.3 is 0 Å². The summed E-state index contributed by atoms with van der Waals surface area (Å²) in [5, 5.41) is 10.5. The lowest BCUT2D eigenvalue weighted by Gasteiger charge is -2.17. The summed E-state index contributed by atoms with van der Waals surface area (Å²) in [5.74, 6) is 6.06. The molecule has 6 rings (SSSR count). The fraction of sp³-hybridized carbons (Fsp3) is 1.00. The van der Waals surface area contributed by atoms with E-state index in [1.54, 1.807) is 0 Å². The number of hydrogen-bond donors (Lipinski definition) is 3. The van der Waals surface area contributed by atoms with Gasteiger partial charge in [-0.05, 0) is 93.7 Å². The van der Waals surface area contributed by atoms with Crippen molar-refractivity contribution in [2.75, 3.05) is 19.6 Å². The molecule has 9 atom stereocenters. The SMILES string of the molecule is CC1C2CCC1NC2.CC1CC2CC1CN2.CC1CC2CNC1C2. The Hall–Kier alpha value is -0.120. The summed E-state index contributed by atoms with van der Waals surface area (Å²) in [5.41, 5.74) is 0. The first-order valence-corrected chi connectivity index (χ1v) is 10.8. The van der Waals surface area contributed by atoms with Crippen LogP contribution in [0, 0.1) is 35.5 Å². The molecule has 3 nitrogen and oxygen atoms in total. The molecule has 3 saturated heterocycles. The van der Waals surface area contributed by atoms with Crippen molar-refractivity contribution in [1.29, 1.82) is 0 Å². The fourth-order valence-corrected chi connectivity index (χ4v) is 6.38. The summed E-state index contributed by atoms with van der Waals surface area (Å²) in [6.07, 6.45) is 8.76. The maximum atomic E-state index is 3.51. The Labute approximate surface area is 149 Å². The maximum Gasteiger partial charge on any atom is 0.00960 e. The summed E-state index contributed by atoms with van der Waals surface area (Å²) >= 11 is 0. The summed E-state index contributed by atoms with van der Waals surface area (Å²) in [6.45, 7) is 11.0. The number of hydrogen-bond acceptors (Lipinski definition) is 3. The molecular formula is C21H39N3. The molecule has 9 unspecified atom stereocenters. The quantitative estimate of drug-likeness (QED) is 0.638. The Balaban J connectivity index is 0.0000000911. The van der Waals surface area contributed by atoms with Crippen molar-refractivity contribution in [2.24, 2.45) is 35.5 Å². The average Bonchev–Trinajstić information content (AvgIpc) is 3.39. The average molecular weight is 334 g/mol. The molecule has 24 heavy (non-hydrogen) atoms. The van der Waals surface area contributed by atoms with E-state index in [9.17, 15) is 0 Å². The van der Waals surface area contributed by atoms with Crippen LogP contribution in [-0.2, 0) is 0 Å². The van der Waals surface area contributed by atoms with Crippen molar-refractivity contribution >= 4 is 0 Å². The lowest BCUT2D eigenvalue weighted by molar-refractivity contribution is 0.379. The Morgan fingerprint density at radius 1 is 0.625 bits per heavy atom. The second kappa shape index (κ2) is 7.25. The number of nitrogens with one attached hydrogen (secondary N) is 3. The zero-order valence-electron chi connectivity index (χ0n) is 16.1.